The SMILES string of the molecule is CC(C)(C)N1CCC(C)(O)C1(C)C. The molecule has 1 aliphatic rings. The molecule has 0 aromatic carbocycles. The van der Waals surface area contributed by atoms with E-state index < -0.39 is 5.60 Å². The molecule has 0 spiro atoms. The van der Waals surface area contributed by atoms with Gasteiger partial charge in [0.2, 0.25) is 0 Å². The molecule has 1 N–H and O–H groups in total. The second kappa shape index (κ2) is 2.71. The average Bonchev–Trinajstić information content (AvgIpc) is 2.00. The zero-order valence-corrected chi connectivity index (χ0v) is 9.81. The van der Waals surface area contributed by atoms with Crippen LogP contribution in [0.5, 0.6) is 0 Å². The number of hydrogen-bond donors (Lipinski definition) is 1. The fourth-order valence-corrected chi connectivity index (χ4v) is 2.38. The van der Waals surface area contributed by atoms with E-state index in [0.717, 1.165) is 13.0 Å². The Kier molecular flexibility index (Phi) is 2.29. The molecule has 1 unspecified atom stereocenters. The van der Waals surface area contributed by atoms with Gasteiger partial charge in [-0.2, -0.15) is 0 Å². The third kappa shape index (κ3) is 1.62. The first-order valence-corrected chi connectivity index (χ1v) is 5.09. The average molecular weight is 185 g/mol. The highest BCUT2D eigenvalue weighted by Gasteiger charge is 2.52. The van der Waals surface area contributed by atoms with Crippen LogP contribution in [0.2, 0.25) is 0 Å². The lowest BCUT2D eigenvalue weighted by Gasteiger charge is -2.46. The Morgan fingerprint density at radius 3 is 1.77 bits per heavy atom. The summed E-state index contributed by atoms with van der Waals surface area (Å²) in [5, 5.41) is 10.2. The lowest BCUT2D eigenvalue weighted by Crippen LogP contribution is -2.57. The molecule has 0 aromatic rings. The van der Waals surface area contributed by atoms with E-state index in [4.69, 9.17) is 0 Å². The van der Waals surface area contributed by atoms with E-state index in [1.54, 1.807) is 0 Å². The van der Waals surface area contributed by atoms with Gasteiger partial charge in [-0.1, -0.05) is 0 Å². The van der Waals surface area contributed by atoms with Crippen LogP contribution in [0.25, 0.3) is 0 Å². The maximum Gasteiger partial charge on any atom is 0.0809 e. The first-order valence-electron chi connectivity index (χ1n) is 5.09. The highest BCUT2D eigenvalue weighted by atomic mass is 16.3. The Balaban J connectivity index is 2.95. The van der Waals surface area contributed by atoms with Crippen LogP contribution in [0, 0.1) is 0 Å². The minimum Gasteiger partial charge on any atom is -0.388 e. The molecule has 2 nitrogen and oxygen atoms in total. The van der Waals surface area contributed by atoms with Gasteiger partial charge in [0.15, 0.2) is 0 Å². The van der Waals surface area contributed by atoms with Crippen LogP contribution in [-0.4, -0.2) is 33.2 Å². The zero-order valence-electron chi connectivity index (χ0n) is 9.81. The smallest absolute Gasteiger partial charge is 0.0809 e. The maximum atomic E-state index is 10.2. The van der Waals surface area contributed by atoms with E-state index in [-0.39, 0.29) is 11.1 Å². The van der Waals surface area contributed by atoms with Crippen molar-refractivity contribution in [2.75, 3.05) is 6.54 Å². The van der Waals surface area contributed by atoms with Crippen molar-refractivity contribution in [2.45, 2.75) is 64.6 Å². The fraction of sp³-hybridized carbons (Fsp3) is 1.00. The van der Waals surface area contributed by atoms with Crippen molar-refractivity contribution >= 4 is 0 Å². The molecule has 1 saturated heterocycles. The van der Waals surface area contributed by atoms with Crippen molar-refractivity contribution in [3.8, 4) is 0 Å². The fourth-order valence-electron chi connectivity index (χ4n) is 2.38. The lowest BCUT2D eigenvalue weighted by atomic mass is 9.83. The van der Waals surface area contributed by atoms with Crippen LogP contribution in [0.3, 0.4) is 0 Å². The van der Waals surface area contributed by atoms with Crippen LogP contribution in [0.15, 0.2) is 0 Å². The quantitative estimate of drug-likeness (QED) is 0.624. The molecule has 1 fully saturated rings. The van der Waals surface area contributed by atoms with Crippen LogP contribution in [-0.2, 0) is 0 Å². The van der Waals surface area contributed by atoms with Gasteiger partial charge in [-0.3, -0.25) is 4.90 Å². The van der Waals surface area contributed by atoms with E-state index in [9.17, 15) is 5.11 Å². The third-order valence-electron chi connectivity index (χ3n) is 3.62. The molecule has 78 valence electrons. The molecule has 0 saturated carbocycles. The van der Waals surface area contributed by atoms with Gasteiger partial charge < -0.3 is 5.11 Å². The molecule has 2 heteroatoms. The monoisotopic (exact) mass is 185 g/mol. The van der Waals surface area contributed by atoms with Gasteiger partial charge in [0.1, 0.15) is 0 Å². The summed E-state index contributed by atoms with van der Waals surface area (Å²) in [4.78, 5) is 2.39. The topological polar surface area (TPSA) is 23.5 Å². The summed E-state index contributed by atoms with van der Waals surface area (Å²) in [6.45, 7) is 13.8. The highest BCUT2D eigenvalue weighted by Crippen LogP contribution is 2.41. The van der Waals surface area contributed by atoms with Crippen molar-refractivity contribution < 1.29 is 5.11 Å². The van der Waals surface area contributed by atoms with Crippen molar-refractivity contribution in [2.24, 2.45) is 0 Å². The molecule has 0 aliphatic carbocycles. The molecule has 1 atom stereocenters. The van der Waals surface area contributed by atoms with E-state index >= 15 is 0 Å². The summed E-state index contributed by atoms with van der Waals surface area (Å²) < 4.78 is 0. The van der Waals surface area contributed by atoms with E-state index in [1.807, 2.05) is 6.92 Å². The van der Waals surface area contributed by atoms with E-state index in [2.05, 4.69) is 39.5 Å². The molecule has 0 radical (unpaired) electrons. The summed E-state index contributed by atoms with van der Waals surface area (Å²) in [5.41, 5.74) is -0.532. The normalized spacial score (nSPS) is 35.3. The first-order chi connectivity index (χ1) is 5.59. The minimum absolute atomic E-state index is 0.120. The van der Waals surface area contributed by atoms with Gasteiger partial charge >= 0.3 is 0 Å². The summed E-state index contributed by atoms with van der Waals surface area (Å²) in [5.74, 6) is 0. The summed E-state index contributed by atoms with van der Waals surface area (Å²) in [6, 6.07) is 0. The number of rotatable bonds is 0. The lowest BCUT2D eigenvalue weighted by molar-refractivity contribution is -0.0559. The standard InChI is InChI=1S/C11H23NO/c1-9(2,3)12-8-7-11(6,13)10(12,4)5/h13H,7-8H2,1-6H3. The molecular weight excluding hydrogens is 162 g/mol. The molecule has 13 heavy (non-hydrogen) atoms. The first kappa shape index (κ1) is 11.0. The summed E-state index contributed by atoms with van der Waals surface area (Å²) in [7, 11) is 0. The van der Waals surface area contributed by atoms with Crippen LogP contribution >= 0.6 is 0 Å². The predicted octanol–water partition coefficient (Wildman–Crippen LogP) is 2.02. The maximum absolute atomic E-state index is 10.2. The Bertz CT molecular complexity index is 201. The second-order valence-corrected chi connectivity index (χ2v) is 5.91. The van der Waals surface area contributed by atoms with Crippen molar-refractivity contribution in [3.63, 3.8) is 0 Å². The molecular formula is C11H23NO. The van der Waals surface area contributed by atoms with Crippen LogP contribution in [0.4, 0.5) is 0 Å². The Hall–Kier alpha value is -0.0800. The molecule has 0 aromatic heterocycles. The van der Waals surface area contributed by atoms with Crippen LogP contribution < -0.4 is 0 Å². The van der Waals surface area contributed by atoms with Crippen molar-refractivity contribution in [1.29, 1.82) is 0 Å². The van der Waals surface area contributed by atoms with Gasteiger partial charge in [-0.25, -0.2) is 0 Å². The zero-order chi connectivity index (χ0) is 10.5. The number of nitrogens with zero attached hydrogens (tertiary/aromatic N) is 1. The van der Waals surface area contributed by atoms with Crippen LogP contribution in [0.1, 0.15) is 48.0 Å². The van der Waals surface area contributed by atoms with Crippen molar-refractivity contribution in [1.82, 2.24) is 4.90 Å². The highest BCUT2D eigenvalue weighted by molar-refractivity contribution is 5.07. The molecule has 1 heterocycles. The number of aliphatic hydroxyl groups is 1. The Labute approximate surface area is 81.9 Å². The van der Waals surface area contributed by atoms with Gasteiger partial charge in [0.25, 0.3) is 0 Å². The van der Waals surface area contributed by atoms with Gasteiger partial charge in [0.05, 0.1) is 5.60 Å². The second-order valence-electron chi connectivity index (χ2n) is 5.91. The van der Waals surface area contributed by atoms with Crippen molar-refractivity contribution in [3.05, 3.63) is 0 Å². The number of hydrogen-bond acceptors (Lipinski definition) is 2. The molecule has 1 aliphatic heterocycles. The largest absolute Gasteiger partial charge is 0.388 e. The molecule has 0 bridgehead atoms. The molecule has 1 rings (SSSR count). The van der Waals surface area contributed by atoms with Gasteiger partial charge in [-0.05, 0) is 48.0 Å². The molecule has 0 amide bonds. The Morgan fingerprint density at radius 1 is 1.15 bits per heavy atom. The van der Waals surface area contributed by atoms with Gasteiger partial charge in [-0.15, -0.1) is 0 Å². The minimum atomic E-state index is -0.555. The van der Waals surface area contributed by atoms with Gasteiger partial charge in [0, 0.05) is 17.6 Å². The third-order valence-corrected chi connectivity index (χ3v) is 3.62. The number of likely N-dealkylation sites (tertiary alicyclic amines) is 1. The predicted molar refractivity (Wildman–Crippen MR) is 55.8 cm³/mol. The Morgan fingerprint density at radius 2 is 1.62 bits per heavy atom. The summed E-state index contributed by atoms with van der Waals surface area (Å²) >= 11 is 0. The van der Waals surface area contributed by atoms with E-state index in [0.29, 0.717) is 0 Å². The van der Waals surface area contributed by atoms with E-state index in [1.165, 1.54) is 0 Å². The summed E-state index contributed by atoms with van der Waals surface area (Å²) in [6.07, 6.45) is 0.872.